The Bertz CT molecular complexity index is 1060. The van der Waals surface area contributed by atoms with Gasteiger partial charge in [0.05, 0.1) is 5.56 Å². The number of rotatable bonds is 5. The maximum Gasteiger partial charge on any atom is 0.251 e. The highest BCUT2D eigenvalue weighted by Gasteiger charge is 2.19. The summed E-state index contributed by atoms with van der Waals surface area (Å²) in [6, 6.07) is 21.3. The van der Waals surface area contributed by atoms with Crippen molar-refractivity contribution in [2.45, 2.75) is 5.92 Å². The van der Waals surface area contributed by atoms with Gasteiger partial charge in [0.25, 0.3) is 5.91 Å². The minimum atomic E-state index is -0.198. The topological polar surface area (TPSA) is 71.8 Å². The second kappa shape index (κ2) is 7.33. The first-order chi connectivity index (χ1) is 13.2. The van der Waals surface area contributed by atoms with Crippen LogP contribution in [0.15, 0.2) is 85.3 Å². The number of nitrogens with one attached hydrogen (secondary N) is 2. The van der Waals surface area contributed by atoms with Crippen LogP contribution in [0.4, 0.5) is 0 Å². The first-order valence-electron chi connectivity index (χ1n) is 8.80. The second-order valence-electron chi connectivity index (χ2n) is 6.41. The molecule has 1 amide bonds. The van der Waals surface area contributed by atoms with Crippen molar-refractivity contribution in [2.24, 2.45) is 0 Å². The van der Waals surface area contributed by atoms with Gasteiger partial charge in [-0.2, -0.15) is 4.73 Å². The highest BCUT2D eigenvalue weighted by molar-refractivity contribution is 5.94. The van der Waals surface area contributed by atoms with Crippen molar-refractivity contribution in [1.82, 2.24) is 10.3 Å². The van der Waals surface area contributed by atoms with Crippen LogP contribution >= 0.6 is 0 Å². The fourth-order valence-electron chi connectivity index (χ4n) is 3.34. The van der Waals surface area contributed by atoms with Crippen molar-refractivity contribution >= 4 is 16.8 Å². The molecular formula is C22H19N3O2. The Balaban J connectivity index is 1.63. The van der Waals surface area contributed by atoms with Gasteiger partial charge in [0.15, 0.2) is 12.4 Å². The third kappa shape index (κ3) is 3.53. The van der Waals surface area contributed by atoms with E-state index in [2.05, 4.69) is 28.5 Å². The van der Waals surface area contributed by atoms with Crippen molar-refractivity contribution < 1.29 is 9.52 Å². The highest BCUT2D eigenvalue weighted by Crippen LogP contribution is 2.30. The van der Waals surface area contributed by atoms with Gasteiger partial charge >= 0.3 is 0 Å². The third-order valence-electron chi connectivity index (χ3n) is 4.73. The lowest BCUT2D eigenvalue weighted by Gasteiger charge is -2.18. The molecule has 27 heavy (non-hydrogen) atoms. The number of aromatic nitrogens is 2. The van der Waals surface area contributed by atoms with Gasteiger partial charge in [-0.15, -0.1) is 0 Å². The van der Waals surface area contributed by atoms with E-state index in [4.69, 9.17) is 0 Å². The maximum absolute atomic E-state index is 12.5. The Kier molecular flexibility index (Phi) is 4.58. The quantitative estimate of drug-likeness (QED) is 0.425. The minimum absolute atomic E-state index is 0.0134. The second-order valence-corrected chi connectivity index (χ2v) is 6.41. The molecule has 0 radical (unpaired) electrons. The van der Waals surface area contributed by atoms with Crippen LogP contribution in [0.3, 0.4) is 0 Å². The first kappa shape index (κ1) is 16.8. The zero-order valence-corrected chi connectivity index (χ0v) is 14.6. The van der Waals surface area contributed by atoms with E-state index in [1.165, 1.54) is 24.5 Å². The van der Waals surface area contributed by atoms with Crippen LogP contribution in [-0.2, 0) is 0 Å². The SMILES string of the molecule is O=C(NC[C@@H](c1ccccc1)c1c[nH]c2ccccc12)c1cc[n+]([O-])cc1. The number of para-hydroxylation sites is 1. The summed E-state index contributed by atoms with van der Waals surface area (Å²) in [5, 5.41) is 15.3. The molecule has 1 atom stereocenters. The molecule has 0 aliphatic heterocycles. The molecule has 0 saturated carbocycles. The van der Waals surface area contributed by atoms with E-state index in [1.54, 1.807) is 0 Å². The van der Waals surface area contributed by atoms with Crippen molar-refractivity contribution in [3.05, 3.63) is 107 Å². The molecule has 0 spiro atoms. The average Bonchev–Trinajstić information content (AvgIpc) is 3.13. The van der Waals surface area contributed by atoms with E-state index in [-0.39, 0.29) is 11.8 Å². The number of amides is 1. The molecule has 0 aliphatic carbocycles. The van der Waals surface area contributed by atoms with Crippen LogP contribution in [-0.4, -0.2) is 17.4 Å². The Morgan fingerprint density at radius 1 is 1.00 bits per heavy atom. The number of fused-ring (bicyclic) bond motifs is 1. The van der Waals surface area contributed by atoms with E-state index in [0.717, 1.165) is 22.0 Å². The van der Waals surface area contributed by atoms with Gasteiger partial charge < -0.3 is 15.5 Å². The predicted octanol–water partition coefficient (Wildman–Crippen LogP) is 3.36. The third-order valence-corrected chi connectivity index (χ3v) is 4.73. The van der Waals surface area contributed by atoms with Crippen LogP contribution in [0.5, 0.6) is 0 Å². The molecule has 2 N–H and O–H groups in total. The molecule has 0 saturated heterocycles. The Morgan fingerprint density at radius 3 is 2.48 bits per heavy atom. The number of H-pyrrole nitrogens is 1. The minimum Gasteiger partial charge on any atom is -0.619 e. The lowest BCUT2D eigenvalue weighted by atomic mass is 9.91. The molecular weight excluding hydrogens is 338 g/mol. The number of hydrogen-bond donors (Lipinski definition) is 2. The fraction of sp³-hybridized carbons (Fsp3) is 0.0909. The van der Waals surface area contributed by atoms with E-state index < -0.39 is 0 Å². The number of carbonyl (C=O) groups excluding carboxylic acids is 1. The molecule has 2 aromatic carbocycles. The summed E-state index contributed by atoms with van der Waals surface area (Å²) in [4.78, 5) is 15.8. The number of pyridine rings is 1. The molecule has 2 heterocycles. The van der Waals surface area contributed by atoms with Crippen LogP contribution in [0, 0.1) is 5.21 Å². The summed E-state index contributed by atoms with van der Waals surface area (Å²) in [6.45, 7) is 0.455. The highest BCUT2D eigenvalue weighted by atomic mass is 16.5. The van der Waals surface area contributed by atoms with Gasteiger partial charge in [-0.1, -0.05) is 48.5 Å². The monoisotopic (exact) mass is 357 g/mol. The summed E-state index contributed by atoms with van der Waals surface area (Å²) >= 11 is 0. The smallest absolute Gasteiger partial charge is 0.251 e. The molecule has 5 nitrogen and oxygen atoms in total. The van der Waals surface area contributed by atoms with Crippen LogP contribution in [0.2, 0.25) is 0 Å². The molecule has 0 fully saturated rings. The van der Waals surface area contributed by atoms with Crippen LogP contribution in [0.1, 0.15) is 27.4 Å². The normalized spacial score (nSPS) is 12.0. The lowest BCUT2D eigenvalue weighted by Crippen LogP contribution is -2.30. The number of hydrogen-bond acceptors (Lipinski definition) is 2. The number of aromatic amines is 1. The van der Waals surface area contributed by atoms with E-state index in [1.807, 2.05) is 42.6 Å². The van der Waals surface area contributed by atoms with Crippen molar-refractivity contribution in [3.63, 3.8) is 0 Å². The fourth-order valence-corrected chi connectivity index (χ4v) is 3.34. The van der Waals surface area contributed by atoms with Gasteiger partial charge in [0, 0.05) is 41.7 Å². The molecule has 134 valence electrons. The van der Waals surface area contributed by atoms with Gasteiger partial charge in [-0.3, -0.25) is 4.79 Å². The molecule has 4 rings (SSSR count). The number of nitrogens with zero attached hydrogens (tertiary/aromatic N) is 1. The van der Waals surface area contributed by atoms with Gasteiger partial charge in [0.2, 0.25) is 0 Å². The Labute approximate surface area is 156 Å². The molecule has 4 aromatic rings. The zero-order valence-electron chi connectivity index (χ0n) is 14.6. The average molecular weight is 357 g/mol. The summed E-state index contributed by atoms with van der Waals surface area (Å²) in [6.07, 6.45) is 4.66. The molecule has 5 heteroatoms. The number of carbonyl (C=O) groups is 1. The van der Waals surface area contributed by atoms with Gasteiger partial charge in [-0.05, 0) is 17.2 Å². The van der Waals surface area contributed by atoms with Crippen LogP contribution < -0.4 is 10.0 Å². The van der Waals surface area contributed by atoms with Crippen molar-refractivity contribution in [1.29, 1.82) is 0 Å². The first-order valence-corrected chi connectivity index (χ1v) is 8.80. The molecule has 0 aliphatic rings. The molecule has 0 unspecified atom stereocenters. The summed E-state index contributed by atoms with van der Waals surface area (Å²) in [7, 11) is 0. The standard InChI is InChI=1S/C22H19N3O2/c26-22(17-10-12-25(27)13-11-17)24-14-19(16-6-2-1-3-7-16)20-15-23-21-9-5-4-8-18(20)21/h1-13,15,19,23H,14H2,(H,24,26)/t19-/m0/s1. The Morgan fingerprint density at radius 2 is 1.70 bits per heavy atom. The van der Waals surface area contributed by atoms with Gasteiger partial charge in [0.1, 0.15) is 0 Å². The zero-order chi connectivity index (χ0) is 18.6. The van der Waals surface area contributed by atoms with Crippen molar-refractivity contribution in [2.75, 3.05) is 6.54 Å². The largest absolute Gasteiger partial charge is 0.619 e. The lowest BCUT2D eigenvalue weighted by molar-refractivity contribution is -0.605. The summed E-state index contributed by atoms with van der Waals surface area (Å²) in [5.74, 6) is -0.184. The molecule has 2 aromatic heterocycles. The maximum atomic E-state index is 12.5. The van der Waals surface area contributed by atoms with Gasteiger partial charge in [-0.25, -0.2) is 0 Å². The summed E-state index contributed by atoms with van der Waals surface area (Å²) in [5.41, 5.74) is 3.81. The number of benzene rings is 2. The Hall–Kier alpha value is -3.60. The molecule has 0 bridgehead atoms. The van der Waals surface area contributed by atoms with E-state index >= 15 is 0 Å². The van der Waals surface area contributed by atoms with Crippen molar-refractivity contribution in [3.8, 4) is 0 Å². The van der Waals surface area contributed by atoms with Crippen LogP contribution in [0.25, 0.3) is 10.9 Å². The summed E-state index contributed by atoms with van der Waals surface area (Å²) < 4.78 is 0.662. The van der Waals surface area contributed by atoms with E-state index in [9.17, 15) is 10.0 Å². The van der Waals surface area contributed by atoms with E-state index in [0.29, 0.717) is 16.8 Å². The predicted molar refractivity (Wildman–Crippen MR) is 104 cm³/mol.